The van der Waals surface area contributed by atoms with Crippen molar-refractivity contribution >= 4 is 5.69 Å². The highest BCUT2D eigenvalue weighted by Crippen LogP contribution is 2.25. The molecule has 0 radical (unpaired) electrons. The van der Waals surface area contributed by atoms with Crippen molar-refractivity contribution in [2.45, 2.75) is 18.8 Å². The lowest BCUT2D eigenvalue weighted by molar-refractivity contribution is -0.386. The van der Waals surface area contributed by atoms with Crippen molar-refractivity contribution < 1.29 is 20.2 Å². The van der Waals surface area contributed by atoms with E-state index in [9.17, 15) is 20.3 Å². The highest BCUT2D eigenvalue weighted by atomic mass is 16.6. The number of nitrogens with zero attached hydrogens (tertiary/aromatic N) is 1. The number of nitro benzene ring substituents is 1. The zero-order valence-electron chi connectivity index (χ0n) is 9.91. The summed E-state index contributed by atoms with van der Waals surface area (Å²) in [7, 11) is 1.62. The molecule has 0 spiro atoms. The third kappa shape index (κ3) is 3.23. The summed E-state index contributed by atoms with van der Waals surface area (Å²) in [6, 6.07) is 3.97. The van der Waals surface area contributed by atoms with Crippen LogP contribution in [0.25, 0.3) is 0 Å². The molecule has 0 aromatic heterocycles. The number of hydrogen-bond acceptors (Lipinski definition) is 6. The number of hydrogen-bond donors (Lipinski definition) is 4. The van der Waals surface area contributed by atoms with Gasteiger partial charge in [0.15, 0.2) is 0 Å². The van der Waals surface area contributed by atoms with Crippen LogP contribution in [0.1, 0.15) is 17.2 Å². The van der Waals surface area contributed by atoms with Crippen LogP contribution in [0.2, 0.25) is 0 Å². The SMILES string of the molecule is CNCC(O)C(O)c1ccc(CO)c([N+](=O)[O-])c1. The zero-order chi connectivity index (χ0) is 13.7. The summed E-state index contributed by atoms with van der Waals surface area (Å²) in [5.41, 5.74) is 0.131. The molecule has 2 unspecified atom stereocenters. The first-order valence-corrected chi connectivity index (χ1v) is 5.40. The molecule has 1 aromatic rings. The number of aliphatic hydroxyl groups is 3. The molecule has 0 fully saturated rings. The minimum absolute atomic E-state index is 0.163. The van der Waals surface area contributed by atoms with Gasteiger partial charge in [-0.25, -0.2) is 0 Å². The van der Waals surface area contributed by atoms with Crippen molar-refractivity contribution in [3.63, 3.8) is 0 Å². The van der Waals surface area contributed by atoms with Gasteiger partial charge in [-0.15, -0.1) is 0 Å². The maximum Gasteiger partial charge on any atom is 0.275 e. The molecule has 0 amide bonds. The number of nitro groups is 1. The Labute approximate surface area is 104 Å². The van der Waals surface area contributed by atoms with E-state index in [-0.39, 0.29) is 23.4 Å². The highest BCUT2D eigenvalue weighted by molar-refractivity contribution is 5.43. The minimum Gasteiger partial charge on any atom is -0.391 e. The molecule has 0 aliphatic carbocycles. The van der Waals surface area contributed by atoms with E-state index >= 15 is 0 Å². The Balaban J connectivity index is 3.04. The Morgan fingerprint density at radius 3 is 2.61 bits per heavy atom. The lowest BCUT2D eigenvalue weighted by atomic mass is 10.0. The lowest BCUT2D eigenvalue weighted by Crippen LogP contribution is -2.29. The molecular weight excluding hydrogens is 240 g/mol. The molecule has 7 heteroatoms. The van der Waals surface area contributed by atoms with Crippen LogP contribution in [-0.4, -0.2) is 39.9 Å². The van der Waals surface area contributed by atoms with E-state index in [1.165, 1.54) is 12.1 Å². The van der Waals surface area contributed by atoms with Crippen molar-refractivity contribution in [2.24, 2.45) is 0 Å². The van der Waals surface area contributed by atoms with Gasteiger partial charge >= 0.3 is 0 Å². The molecule has 18 heavy (non-hydrogen) atoms. The molecule has 4 N–H and O–H groups in total. The van der Waals surface area contributed by atoms with Crippen LogP contribution in [0, 0.1) is 10.1 Å². The third-order valence-corrected chi connectivity index (χ3v) is 2.60. The fourth-order valence-corrected chi connectivity index (χ4v) is 1.61. The second-order valence-corrected chi connectivity index (χ2v) is 3.87. The van der Waals surface area contributed by atoms with E-state index in [0.717, 1.165) is 6.07 Å². The van der Waals surface area contributed by atoms with Gasteiger partial charge in [-0.3, -0.25) is 10.1 Å². The Hall–Kier alpha value is -1.54. The average molecular weight is 256 g/mol. The first-order valence-electron chi connectivity index (χ1n) is 5.40. The van der Waals surface area contributed by atoms with Crippen molar-refractivity contribution in [3.8, 4) is 0 Å². The van der Waals surface area contributed by atoms with Crippen LogP contribution in [0.3, 0.4) is 0 Å². The van der Waals surface area contributed by atoms with Crippen molar-refractivity contribution in [1.82, 2.24) is 5.32 Å². The first-order chi connectivity index (χ1) is 8.51. The number of likely N-dealkylation sites (N-methyl/N-ethyl adjacent to an activating group) is 1. The van der Waals surface area contributed by atoms with E-state index < -0.39 is 23.7 Å². The van der Waals surface area contributed by atoms with Crippen molar-refractivity contribution in [2.75, 3.05) is 13.6 Å². The summed E-state index contributed by atoms with van der Waals surface area (Å²) in [6.07, 6.45) is -2.28. The smallest absolute Gasteiger partial charge is 0.275 e. The van der Waals surface area contributed by atoms with Gasteiger partial charge in [0, 0.05) is 12.6 Å². The number of aliphatic hydroxyl groups excluding tert-OH is 3. The first kappa shape index (κ1) is 14.5. The topological polar surface area (TPSA) is 116 Å². The van der Waals surface area contributed by atoms with Gasteiger partial charge in [0.05, 0.1) is 23.2 Å². The molecule has 1 rings (SSSR count). The van der Waals surface area contributed by atoms with Gasteiger partial charge in [0.2, 0.25) is 0 Å². The van der Waals surface area contributed by atoms with Crippen LogP contribution in [0.4, 0.5) is 5.69 Å². The van der Waals surface area contributed by atoms with Gasteiger partial charge in [0.1, 0.15) is 6.10 Å². The predicted molar refractivity (Wildman–Crippen MR) is 63.9 cm³/mol. The maximum atomic E-state index is 10.8. The summed E-state index contributed by atoms with van der Waals surface area (Å²) in [4.78, 5) is 10.2. The molecule has 0 bridgehead atoms. The van der Waals surface area contributed by atoms with E-state index in [2.05, 4.69) is 5.32 Å². The van der Waals surface area contributed by atoms with E-state index in [0.29, 0.717) is 0 Å². The molecule has 0 heterocycles. The van der Waals surface area contributed by atoms with Gasteiger partial charge in [-0.2, -0.15) is 0 Å². The van der Waals surface area contributed by atoms with Crippen LogP contribution in [0.5, 0.6) is 0 Å². The highest BCUT2D eigenvalue weighted by Gasteiger charge is 2.21. The van der Waals surface area contributed by atoms with Gasteiger partial charge < -0.3 is 20.6 Å². The summed E-state index contributed by atoms with van der Waals surface area (Å²) in [5, 5.41) is 41.9. The van der Waals surface area contributed by atoms with Gasteiger partial charge in [-0.1, -0.05) is 6.07 Å². The van der Waals surface area contributed by atoms with Crippen LogP contribution in [0.15, 0.2) is 18.2 Å². The molecule has 0 aliphatic heterocycles. The Morgan fingerprint density at radius 1 is 1.44 bits per heavy atom. The minimum atomic E-state index is -1.22. The quantitative estimate of drug-likeness (QED) is 0.410. The summed E-state index contributed by atoms with van der Waals surface area (Å²) < 4.78 is 0. The molecule has 0 saturated carbocycles. The fourth-order valence-electron chi connectivity index (χ4n) is 1.61. The van der Waals surface area contributed by atoms with Crippen molar-refractivity contribution in [1.29, 1.82) is 0 Å². The molecule has 100 valence electrons. The van der Waals surface area contributed by atoms with E-state index in [1.807, 2.05) is 0 Å². The van der Waals surface area contributed by atoms with Crippen LogP contribution in [-0.2, 0) is 6.61 Å². The van der Waals surface area contributed by atoms with E-state index in [1.54, 1.807) is 7.05 Å². The number of rotatable bonds is 6. The Morgan fingerprint density at radius 2 is 2.11 bits per heavy atom. The Bertz CT molecular complexity index is 424. The molecule has 1 aromatic carbocycles. The summed E-state index contributed by atoms with van der Waals surface area (Å²) in [5.74, 6) is 0. The monoisotopic (exact) mass is 256 g/mol. The Kier molecular flexibility index (Phi) is 5.17. The average Bonchev–Trinajstić information content (AvgIpc) is 2.37. The number of benzene rings is 1. The second kappa shape index (κ2) is 6.41. The molecule has 0 saturated heterocycles. The molecule has 7 nitrogen and oxygen atoms in total. The zero-order valence-corrected chi connectivity index (χ0v) is 9.91. The van der Waals surface area contributed by atoms with Crippen molar-refractivity contribution in [3.05, 3.63) is 39.4 Å². The third-order valence-electron chi connectivity index (χ3n) is 2.60. The normalized spacial score (nSPS) is 14.2. The fraction of sp³-hybridized carbons (Fsp3) is 0.455. The standard InChI is InChI=1S/C11H16N2O5/c1-12-5-10(15)11(16)7-2-3-8(6-14)9(4-7)13(17)18/h2-4,10-12,14-16H,5-6H2,1H3. The summed E-state index contributed by atoms with van der Waals surface area (Å²) in [6.45, 7) is -0.289. The van der Waals surface area contributed by atoms with Crippen LogP contribution >= 0.6 is 0 Å². The second-order valence-electron chi connectivity index (χ2n) is 3.87. The molecule has 0 aliphatic rings. The molecule has 2 atom stereocenters. The van der Waals surface area contributed by atoms with Gasteiger partial charge in [0.25, 0.3) is 5.69 Å². The largest absolute Gasteiger partial charge is 0.391 e. The summed E-state index contributed by atoms with van der Waals surface area (Å²) >= 11 is 0. The number of nitrogens with one attached hydrogen (secondary N) is 1. The lowest BCUT2D eigenvalue weighted by Gasteiger charge is -2.17. The van der Waals surface area contributed by atoms with Crippen LogP contribution < -0.4 is 5.32 Å². The predicted octanol–water partition coefficient (Wildman–Crippen LogP) is -0.299. The van der Waals surface area contributed by atoms with Gasteiger partial charge in [-0.05, 0) is 18.7 Å². The maximum absolute atomic E-state index is 10.8. The molecular formula is C11H16N2O5. The van der Waals surface area contributed by atoms with E-state index in [4.69, 9.17) is 5.11 Å².